The van der Waals surface area contributed by atoms with Crippen LogP contribution in [0.1, 0.15) is 84.6 Å². The Balaban J connectivity index is 1.48. The molecule has 2 aliphatic rings. The SMILES string of the molecule is CC(C)(C)c1ccc2c(c1)-c1nc-2nc2[nH]c(nc3nc(nc4[nH]c(n1)c1ccc(C(C)(C)C)cc41)-c1ccc(C#N)cc1-3)c1ccc(C(C)(C)C)cc21. The first-order chi connectivity index (χ1) is 25.5. The highest BCUT2D eigenvalue weighted by molar-refractivity contribution is 6.06. The van der Waals surface area contributed by atoms with Crippen LogP contribution in [0.5, 0.6) is 0 Å². The molecule has 9 heteroatoms. The number of nitriles is 1. The van der Waals surface area contributed by atoms with Crippen molar-refractivity contribution < 1.29 is 0 Å². The third-order valence-corrected chi connectivity index (χ3v) is 10.6. The Morgan fingerprint density at radius 3 is 1.22 bits per heavy atom. The van der Waals surface area contributed by atoms with Gasteiger partial charge in [0.2, 0.25) is 0 Å². The fourth-order valence-electron chi connectivity index (χ4n) is 7.26. The Labute approximate surface area is 313 Å². The largest absolute Gasteiger partial charge is 0.324 e. The van der Waals surface area contributed by atoms with E-state index in [1.807, 2.05) is 12.1 Å². The molecule has 0 amide bonds. The zero-order valence-electron chi connectivity index (χ0n) is 32.1. The lowest BCUT2D eigenvalue weighted by atomic mass is 9.85. The van der Waals surface area contributed by atoms with Crippen LogP contribution in [0, 0.1) is 11.3 Å². The van der Waals surface area contributed by atoms with E-state index in [4.69, 9.17) is 29.9 Å². The molecule has 0 atom stereocenters. The van der Waals surface area contributed by atoms with Crippen LogP contribution >= 0.6 is 0 Å². The summed E-state index contributed by atoms with van der Waals surface area (Å²) in [6, 6.07) is 27.2. The van der Waals surface area contributed by atoms with Crippen molar-refractivity contribution in [1.29, 1.82) is 5.26 Å². The summed E-state index contributed by atoms with van der Waals surface area (Å²) in [5.41, 5.74) is 9.71. The molecule has 7 aromatic rings. The second-order valence-corrected chi connectivity index (χ2v) is 17.5. The Morgan fingerprint density at radius 2 is 0.778 bits per heavy atom. The van der Waals surface area contributed by atoms with E-state index in [1.165, 1.54) is 16.7 Å². The first-order valence-electron chi connectivity index (χ1n) is 18.4. The quantitative estimate of drug-likeness (QED) is 0.160. The number of aromatic amines is 2. The highest BCUT2D eigenvalue weighted by Crippen LogP contribution is 2.40. The van der Waals surface area contributed by atoms with Crippen molar-refractivity contribution in [2.24, 2.45) is 0 Å². The molecule has 0 spiro atoms. The van der Waals surface area contributed by atoms with Gasteiger partial charge in [-0.1, -0.05) is 98.7 Å². The molecule has 0 unspecified atom stereocenters. The van der Waals surface area contributed by atoms with E-state index in [9.17, 15) is 5.26 Å². The van der Waals surface area contributed by atoms with Crippen LogP contribution in [-0.4, -0.2) is 39.9 Å². The van der Waals surface area contributed by atoms with Crippen LogP contribution < -0.4 is 0 Å². The standard InChI is InChI=1S/C45H41N9/c1-43(2,3)24-11-15-28-32(19-24)41-50-36(28)48-39-31-18-23(22-46)10-14-27(31)35(47-39)49-40-33-20-25(44(4,5)6)12-16-29(33)37(51-40)53-42-34-21-26(45(7,8)9)13-17-30(34)38(52-41)54-42/h10-21H,1-9H3,(H2,47,48,49,50,51,52,53,54). The molecule has 0 aliphatic carbocycles. The van der Waals surface area contributed by atoms with Gasteiger partial charge in [-0.15, -0.1) is 0 Å². The lowest BCUT2D eigenvalue weighted by Gasteiger charge is -2.19. The van der Waals surface area contributed by atoms with Crippen molar-refractivity contribution in [2.45, 2.75) is 78.6 Å². The number of nitrogens with one attached hydrogen (secondary N) is 2. The van der Waals surface area contributed by atoms with Gasteiger partial charge in [-0.2, -0.15) is 5.26 Å². The molecule has 54 heavy (non-hydrogen) atoms. The molecule has 0 saturated heterocycles. The van der Waals surface area contributed by atoms with E-state index in [1.54, 1.807) is 6.07 Å². The summed E-state index contributed by atoms with van der Waals surface area (Å²) in [4.78, 5) is 38.2. The van der Waals surface area contributed by atoms with Gasteiger partial charge in [-0.05, 0) is 69.3 Å². The second-order valence-electron chi connectivity index (χ2n) is 17.5. The van der Waals surface area contributed by atoms with E-state index in [0.29, 0.717) is 51.4 Å². The molecular weight excluding hydrogens is 667 g/mol. The van der Waals surface area contributed by atoms with Gasteiger partial charge >= 0.3 is 0 Å². The molecule has 0 saturated carbocycles. The van der Waals surface area contributed by atoms with Crippen LogP contribution in [-0.2, 0) is 16.2 Å². The van der Waals surface area contributed by atoms with Crippen molar-refractivity contribution in [3.05, 3.63) is 95.1 Å². The lowest BCUT2D eigenvalue weighted by molar-refractivity contribution is 0.590. The number of benzene rings is 4. The molecule has 4 aromatic carbocycles. The minimum Gasteiger partial charge on any atom is -0.324 e. The number of rotatable bonds is 0. The molecule has 9 rings (SSSR count). The van der Waals surface area contributed by atoms with E-state index in [2.05, 4.69) is 133 Å². The normalized spacial score (nSPS) is 12.9. The molecule has 0 radical (unpaired) electrons. The van der Waals surface area contributed by atoms with E-state index < -0.39 is 0 Å². The summed E-state index contributed by atoms with van der Waals surface area (Å²) in [6.07, 6.45) is 0. The number of hydrogen-bond donors (Lipinski definition) is 2. The average Bonchev–Trinajstić information content (AvgIpc) is 3.84. The summed E-state index contributed by atoms with van der Waals surface area (Å²) in [5, 5.41) is 13.6. The van der Waals surface area contributed by atoms with Crippen molar-refractivity contribution in [3.8, 4) is 51.6 Å². The maximum absolute atomic E-state index is 9.87. The maximum atomic E-state index is 9.87. The molecule has 9 nitrogen and oxygen atoms in total. The predicted molar refractivity (Wildman–Crippen MR) is 217 cm³/mol. The molecule has 0 fully saturated rings. The van der Waals surface area contributed by atoms with Gasteiger partial charge < -0.3 is 9.97 Å². The number of fused-ring (bicyclic) bond motifs is 20. The summed E-state index contributed by atoms with van der Waals surface area (Å²) in [7, 11) is 0. The maximum Gasteiger partial charge on any atom is 0.164 e. The van der Waals surface area contributed by atoms with Crippen molar-refractivity contribution in [3.63, 3.8) is 0 Å². The number of hydrogen-bond acceptors (Lipinski definition) is 7. The van der Waals surface area contributed by atoms with Crippen molar-refractivity contribution in [1.82, 2.24) is 39.9 Å². The smallest absolute Gasteiger partial charge is 0.164 e. The van der Waals surface area contributed by atoms with Gasteiger partial charge in [0.15, 0.2) is 23.3 Å². The molecule has 3 aromatic heterocycles. The lowest BCUT2D eigenvalue weighted by Crippen LogP contribution is -2.10. The van der Waals surface area contributed by atoms with E-state index >= 15 is 0 Å². The topological polar surface area (TPSA) is 133 Å². The van der Waals surface area contributed by atoms with E-state index in [0.717, 1.165) is 43.8 Å². The zero-order valence-corrected chi connectivity index (χ0v) is 32.1. The summed E-state index contributed by atoms with van der Waals surface area (Å²) >= 11 is 0. The average molecular weight is 708 g/mol. The van der Waals surface area contributed by atoms with Gasteiger partial charge in [-0.3, -0.25) is 0 Å². The minimum absolute atomic E-state index is 0.0821. The predicted octanol–water partition coefficient (Wildman–Crippen LogP) is 10.6. The van der Waals surface area contributed by atoms with Crippen molar-refractivity contribution in [2.75, 3.05) is 0 Å². The third-order valence-electron chi connectivity index (χ3n) is 10.6. The molecule has 266 valence electrons. The van der Waals surface area contributed by atoms with Gasteiger partial charge in [0.05, 0.1) is 11.6 Å². The third kappa shape index (κ3) is 5.44. The first kappa shape index (κ1) is 33.6. The molecule has 5 heterocycles. The monoisotopic (exact) mass is 707 g/mol. The van der Waals surface area contributed by atoms with Crippen LogP contribution in [0.3, 0.4) is 0 Å². The summed E-state index contributed by atoms with van der Waals surface area (Å²) in [6.45, 7) is 19.9. The summed E-state index contributed by atoms with van der Waals surface area (Å²) in [5.74, 6) is 2.12. The molecule has 2 aliphatic heterocycles. The first-order valence-corrected chi connectivity index (χ1v) is 18.4. The Kier molecular flexibility index (Phi) is 7.06. The second kappa shape index (κ2) is 11.4. The van der Waals surface area contributed by atoms with Crippen LogP contribution in [0.4, 0.5) is 0 Å². The van der Waals surface area contributed by atoms with Gasteiger partial charge in [0, 0.05) is 43.8 Å². The highest BCUT2D eigenvalue weighted by atomic mass is 15.1. The molecule has 2 N–H and O–H groups in total. The highest BCUT2D eigenvalue weighted by Gasteiger charge is 2.26. The zero-order chi connectivity index (χ0) is 37.9. The number of H-pyrrole nitrogens is 2. The Morgan fingerprint density at radius 1 is 0.407 bits per heavy atom. The Hall–Kier alpha value is -6.27. The van der Waals surface area contributed by atoms with E-state index in [-0.39, 0.29) is 16.2 Å². The number of aromatic nitrogens is 8. The van der Waals surface area contributed by atoms with Gasteiger partial charge in [0.25, 0.3) is 0 Å². The van der Waals surface area contributed by atoms with Gasteiger partial charge in [0.1, 0.15) is 22.6 Å². The minimum atomic E-state index is -0.0887. The number of nitrogens with zero attached hydrogens (tertiary/aromatic N) is 7. The van der Waals surface area contributed by atoms with Crippen LogP contribution in [0.2, 0.25) is 0 Å². The molecule has 8 bridgehead atoms. The Bertz CT molecular complexity index is 2930. The fraction of sp³-hybridized carbons (Fsp3) is 0.267. The van der Waals surface area contributed by atoms with Gasteiger partial charge in [-0.25, -0.2) is 29.9 Å². The van der Waals surface area contributed by atoms with Crippen molar-refractivity contribution >= 4 is 44.1 Å². The fourth-order valence-corrected chi connectivity index (χ4v) is 7.26. The summed E-state index contributed by atoms with van der Waals surface area (Å²) < 4.78 is 0. The molecular formula is C45H41N9. The van der Waals surface area contributed by atoms with Crippen LogP contribution in [0.15, 0.2) is 72.8 Å². The van der Waals surface area contributed by atoms with Crippen LogP contribution in [0.25, 0.3) is 89.7 Å².